The van der Waals surface area contributed by atoms with Gasteiger partial charge in [-0.25, -0.2) is 13.6 Å². The quantitative estimate of drug-likeness (QED) is 0.746. The third kappa shape index (κ3) is 3.52. The Balaban J connectivity index is 2.34. The van der Waals surface area contributed by atoms with Crippen LogP contribution in [0.25, 0.3) is 0 Å². The van der Waals surface area contributed by atoms with E-state index in [1.54, 1.807) is 6.07 Å². The molecule has 0 spiro atoms. The van der Waals surface area contributed by atoms with Crippen molar-refractivity contribution in [2.75, 3.05) is 11.1 Å². The van der Waals surface area contributed by atoms with Crippen LogP contribution in [-0.2, 0) is 10.0 Å². The first-order chi connectivity index (χ1) is 9.79. The van der Waals surface area contributed by atoms with Crippen molar-refractivity contribution in [1.82, 2.24) is 0 Å². The molecule has 0 unspecified atom stereocenters. The Morgan fingerprint density at radius 1 is 1.14 bits per heavy atom. The van der Waals surface area contributed by atoms with Gasteiger partial charge in [0.15, 0.2) is 0 Å². The zero-order valence-electron chi connectivity index (χ0n) is 10.7. The van der Waals surface area contributed by atoms with E-state index in [0.717, 1.165) is 0 Å². The summed E-state index contributed by atoms with van der Waals surface area (Å²) in [6.45, 7) is 0. The molecule has 0 aromatic heterocycles. The van der Waals surface area contributed by atoms with Crippen molar-refractivity contribution < 1.29 is 13.2 Å². The Hall–Kier alpha value is -2.09. The monoisotopic (exact) mass is 325 g/mol. The van der Waals surface area contributed by atoms with E-state index in [1.165, 1.54) is 36.4 Å². The third-order valence-electron chi connectivity index (χ3n) is 2.70. The van der Waals surface area contributed by atoms with Crippen molar-refractivity contribution in [3.63, 3.8) is 0 Å². The van der Waals surface area contributed by atoms with E-state index in [2.05, 4.69) is 5.32 Å². The highest BCUT2D eigenvalue weighted by molar-refractivity contribution is 7.89. The summed E-state index contributed by atoms with van der Waals surface area (Å²) < 4.78 is 22.9. The lowest BCUT2D eigenvalue weighted by atomic mass is 10.2. The molecule has 5 N–H and O–H groups in total. The lowest BCUT2D eigenvalue weighted by Crippen LogP contribution is -2.18. The number of nitrogen functional groups attached to an aromatic ring is 1. The molecule has 0 atom stereocenters. The standard InChI is InChI=1S/C13H12ClN3O3S/c14-9-7-8(5-6-10(9)15)13(18)17-11-3-1-2-4-12(11)21(16,19)20/h1-7H,15H2,(H,17,18)(H2,16,19,20). The van der Waals surface area contributed by atoms with E-state index in [0.29, 0.717) is 5.69 Å². The molecule has 0 radical (unpaired) electrons. The zero-order chi connectivity index (χ0) is 15.6. The smallest absolute Gasteiger partial charge is 0.255 e. The van der Waals surface area contributed by atoms with E-state index in [9.17, 15) is 13.2 Å². The van der Waals surface area contributed by atoms with Gasteiger partial charge in [0.25, 0.3) is 5.91 Å². The van der Waals surface area contributed by atoms with Crippen molar-refractivity contribution >= 4 is 38.9 Å². The molecule has 0 fully saturated rings. The number of carbonyl (C=O) groups is 1. The average molecular weight is 326 g/mol. The van der Waals surface area contributed by atoms with Crippen LogP contribution in [0.5, 0.6) is 0 Å². The molecule has 0 saturated heterocycles. The molecule has 0 aliphatic carbocycles. The summed E-state index contributed by atoms with van der Waals surface area (Å²) in [7, 11) is -3.94. The van der Waals surface area contributed by atoms with Crippen molar-refractivity contribution in [1.29, 1.82) is 0 Å². The van der Waals surface area contributed by atoms with E-state index >= 15 is 0 Å². The number of primary sulfonamides is 1. The van der Waals surface area contributed by atoms with Crippen LogP contribution in [0.15, 0.2) is 47.4 Å². The van der Waals surface area contributed by atoms with Crippen LogP contribution in [0.1, 0.15) is 10.4 Å². The molecule has 0 aliphatic rings. The molecule has 1 amide bonds. The van der Waals surface area contributed by atoms with E-state index < -0.39 is 15.9 Å². The summed E-state index contributed by atoms with van der Waals surface area (Å²) in [6.07, 6.45) is 0. The average Bonchev–Trinajstić information content (AvgIpc) is 2.41. The Morgan fingerprint density at radius 2 is 1.81 bits per heavy atom. The molecule has 8 heteroatoms. The van der Waals surface area contributed by atoms with E-state index in [4.69, 9.17) is 22.5 Å². The van der Waals surface area contributed by atoms with Crippen LogP contribution >= 0.6 is 11.6 Å². The zero-order valence-corrected chi connectivity index (χ0v) is 12.3. The normalized spacial score (nSPS) is 11.1. The van der Waals surface area contributed by atoms with Crippen LogP contribution in [-0.4, -0.2) is 14.3 Å². The number of anilines is 2. The van der Waals surface area contributed by atoms with Gasteiger partial charge in [-0.3, -0.25) is 4.79 Å². The number of halogens is 1. The second-order valence-corrected chi connectivity index (χ2v) is 6.17. The highest BCUT2D eigenvalue weighted by Crippen LogP contribution is 2.23. The van der Waals surface area contributed by atoms with Crippen molar-refractivity contribution in [3.05, 3.63) is 53.1 Å². The minimum absolute atomic E-state index is 0.0953. The molecule has 0 saturated carbocycles. The third-order valence-corrected chi connectivity index (χ3v) is 4.00. The van der Waals surface area contributed by atoms with Crippen LogP contribution < -0.4 is 16.2 Å². The van der Waals surface area contributed by atoms with E-state index in [-0.39, 0.29) is 21.2 Å². The lowest BCUT2D eigenvalue weighted by Gasteiger charge is -2.10. The predicted octanol–water partition coefficient (Wildman–Crippen LogP) is 1.82. The van der Waals surface area contributed by atoms with Gasteiger partial charge in [-0.2, -0.15) is 0 Å². The fraction of sp³-hybridized carbons (Fsp3) is 0. The predicted molar refractivity (Wildman–Crippen MR) is 81.6 cm³/mol. The maximum absolute atomic E-state index is 12.1. The SMILES string of the molecule is Nc1ccc(C(=O)Nc2ccccc2S(N)(=O)=O)cc1Cl. The largest absolute Gasteiger partial charge is 0.398 e. The Bertz CT molecular complexity index is 806. The second-order valence-electron chi connectivity index (χ2n) is 4.23. The fourth-order valence-corrected chi connectivity index (χ4v) is 2.56. The molecule has 0 heterocycles. The molecule has 2 aromatic rings. The van der Waals surface area contributed by atoms with Crippen molar-refractivity contribution in [2.24, 2.45) is 5.14 Å². The van der Waals surface area contributed by atoms with Gasteiger partial charge in [0.05, 0.1) is 16.4 Å². The summed E-state index contributed by atoms with van der Waals surface area (Å²) in [5, 5.41) is 7.82. The molecular weight excluding hydrogens is 314 g/mol. The molecule has 6 nitrogen and oxygen atoms in total. The van der Waals surface area contributed by atoms with Gasteiger partial charge in [0.2, 0.25) is 10.0 Å². The molecule has 2 aromatic carbocycles. The number of hydrogen-bond donors (Lipinski definition) is 3. The number of carbonyl (C=O) groups excluding carboxylic acids is 1. The number of nitrogens with one attached hydrogen (secondary N) is 1. The number of sulfonamides is 1. The Labute approximate surface area is 126 Å². The van der Waals surface area contributed by atoms with Gasteiger partial charge < -0.3 is 11.1 Å². The minimum Gasteiger partial charge on any atom is -0.398 e. The van der Waals surface area contributed by atoms with Crippen LogP contribution in [0.2, 0.25) is 5.02 Å². The Kier molecular flexibility index (Phi) is 4.17. The van der Waals surface area contributed by atoms with Crippen molar-refractivity contribution in [3.8, 4) is 0 Å². The van der Waals surface area contributed by atoms with Crippen LogP contribution in [0.3, 0.4) is 0 Å². The first-order valence-corrected chi connectivity index (χ1v) is 7.69. The summed E-state index contributed by atoms with van der Waals surface area (Å²) in [5.41, 5.74) is 6.25. The topological polar surface area (TPSA) is 115 Å². The number of rotatable bonds is 3. The maximum Gasteiger partial charge on any atom is 0.255 e. The molecule has 2 rings (SSSR count). The van der Waals surface area contributed by atoms with Crippen LogP contribution in [0, 0.1) is 0 Å². The van der Waals surface area contributed by atoms with Gasteiger partial charge in [-0.1, -0.05) is 23.7 Å². The number of para-hydroxylation sites is 1. The highest BCUT2D eigenvalue weighted by atomic mass is 35.5. The van der Waals surface area contributed by atoms with Gasteiger partial charge in [0.1, 0.15) is 4.90 Å². The first-order valence-electron chi connectivity index (χ1n) is 5.77. The highest BCUT2D eigenvalue weighted by Gasteiger charge is 2.16. The lowest BCUT2D eigenvalue weighted by molar-refractivity contribution is 0.102. The number of benzene rings is 2. The van der Waals surface area contributed by atoms with Crippen LogP contribution in [0.4, 0.5) is 11.4 Å². The van der Waals surface area contributed by atoms with Gasteiger partial charge in [-0.05, 0) is 30.3 Å². The molecule has 21 heavy (non-hydrogen) atoms. The number of nitrogens with two attached hydrogens (primary N) is 2. The summed E-state index contributed by atoms with van der Waals surface area (Å²) >= 11 is 5.84. The van der Waals surface area contributed by atoms with E-state index in [1.807, 2.05) is 0 Å². The van der Waals surface area contributed by atoms with Gasteiger partial charge >= 0.3 is 0 Å². The summed E-state index contributed by atoms with van der Waals surface area (Å²) in [5.74, 6) is -0.520. The van der Waals surface area contributed by atoms with Crippen molar-refractivity contribution in [2.45, 2.75) is 4.90 Å². The van der Waals surface area contributed by atoms with Gasteiger partial charge in [-0.15, -0.1) is 0 Å². The Morgan fingerprint density at radius 3 is 2.43 bits per heavy atom. The summed E-state index contributed by atoms with van der Waals surface area (Å²) in [6, 6.07) is 10.2. The fourth-order valence-electron chi connectivity index (χ4n) is 1.68. The number of hydrogen-bond acceptors (Lipinski definition) is 4. The molecule has 0 bridgehead atoms. The number of amides is 1. The summed E-state index contributed by atoms with van der Waals surface area (Å²) in [4.78, 5) is 11.9. The molecular formula is C13H12ClN3O3S. The second kappa shape index (κ2) is 5.72. The molecule has 0 aliphatic heterocycles. The van der Waals surface area contributed by atoms with Gasteiger partial charge in [0, 0.05) is 5.56 Å². The first kappa shape index (κ1) is 15.3. The maximum atomic E-state index is 12.1. The minimum atomic E-state index is -3.94. The molecule has 110 valence electrons.